The molecule has 2 heterocycles. The van der Waals surface area contributed by atoms with Crippen LogP contribution in [0.5, 0.6) is 0 Å². The van der Waals surface area contributed by atoms with Crippen LogP contribution in [0, 0.1) is 17.2 Å². The number of carbonyl (C=O) groups is 2. The number of halogens is 1. The lowest BCUT2D eigenvalue weighted by molar-refractivity contribution is -0.126. The van der Waals surface area contributed by atoms with Crippen LogP contribution in [-0.4, -0.2) is 71.7 Å². The number of piperidine rings is 1. The highest BCUT2D eigenvalue weighted by Crippen LogP contribution is 2.21. The van der Waals surface area contributed by atoms with Crippen molar-refractivity contribution in [3.63, 3.8) is 0 Å². The first-order chi connectivity index (χ1) is 14.7. The molecule has 0 radical (unpaired) electrons. The Balaban J connectivity index is 1.52. The van der Waals surface area contributed by atoms with E-state index in [-0.39, 0.29) is 28.8 Å². The largest absolute Gasteiger partial charge is 0.355 e. The summed E-state index contributed by atoms with van der Waals surface area (Å²) in [6.45, 7) is 6.79. The van der Waals surface area contributed by atoms with Crippen molar-refractivity contribution in [3.05, 3.63) is 48.0 Å². The molecule has 31 heavy (non-hydrogen) atoms. The van der Waals surface area contributed by atoms with Crippen LogP contribution in [-0.2, 0) is 4.79 Å². The molecular weight excluding hydrogens is 397 g/mol. The van der Waals surface area contributed by atoms with Crippen LogP contribution >= 0.6 is 0 Å². The highest BCUT2D eigenvalue weighted by atomic mass is 19.1. The summed E-state index contributed by atoms with van der Waals surface area (Å²) in [5.74, 6) is -0.621. The van der Waals surface area contributed by atoms with E-state index in [2.05, 4.69) is 29.2 Å². The molecule has 8 heteroatoms. The van der Waals surface area contributed by atoms with Crippen LogP contribution in [0.3, 0.4) is 0 Å². The van der Waals surface area contributed by atoms with Crippen LogP contribution < -0.4 is 5.32 Å². The molecule has 0 bridgehead atoms. The van der Waals surface area contributed by atoms with Gasteiger partial charge >= 0.3 is 0 Å². The minimum atomic E-state index is -0.398. The Kier molecular flexibility index (Phi) is 7.10. The van der Waals surface area contributed by atoms with Crippen molar-refractivity contribution in [1.29, 1.82) is 0 Å². The van der Waals surface area contributed by atoms with Gasteiger partial charge in [0, 0.05) is 38.3 Å². The maximum atomic E-state index is 14.0. The zero-order chi connectivity index (χ0) is 22.6. The van der Waals surface area contributed by atoms with E-state index in [4.69, 9.17) is 0 Å². The summed E-state index contributed by atoms with van der Waals surface area (Å²) in [7, 11) is 4.05. The molecule has 1 N–H and O–H groups in total. The number of carbonyl (C=O) groups excluding carboxylic acids is 2. The number of hydrogen-bond acceptors (Lipinski definition) is 4. The lowest BCUT2D eigenvalue weighted by Crippen LogP contribution is -2.46. The molecule has 1 aromatic heterocycles. The third kappa shape index (κ3) is 5.91. The normalized spacial score (nSPS) is 15.4. The first-order valence-corrected chi connectivity index (χ1v) is 10.7. The minimum Gasteiger partial charge on any atom is -0.355 e. The molecule has 0 unspecified atom stereocenters. The molecule has 1 saturated heterocycles. The van der Waals surface area contributed by atoms with Gasteiger partial charge in [-0.05, 0) is 50.6 Å². The van der Waals surface area contributed by atoms with Crippen LogP contribution in [0.15, 0.2) is 36.5 Å². The molecule has 1 aliphatic heterocycles. The van der Waals surface area contributed by atoms with Gasteiger partial charge in [-0.3, -0.25) is 9.59 Å². The minimum absolute atomic E-state index is 0.00706. The maximum absolute atomic E-state index is 14.0. The van der Waals surface area contributed by atoms with Crippen molar-refractivity contribution in [2.24, 2.45) is 11.3 Å². The van der Waals surface area contributed by atoms with Crippen molar-refractivity contribution in [2.75, 3.05) is 40.3 Å². The number of para-hydroxylation sites is 1. The van der Waals surface area contributed by atoms with Gasteiger partial charge in [0.25, 0.3) is 5.91 Å². The van der Waals surface area contributed by atoms with Gasteiger partial charge in [0.15, 0.2) is 5.69 Å². The van der Waals surface area contributed by atoms with Crippen LogP contribution in [0.1, 0.15) is 37.2 Å². The smallest absolute Gasteiger partial charge is 0.274 e. The van der Waals surface area contributed by atoms with Crippen LogP contribution in [0.2, 0.25) is 0 Å². The predicted molar refractivity (Wildman–Crippen MR) is 117 cm³/mol. The lowest BCUT2D eigenvalue weighted by Gasteiger charge is -2.32. The van der Waals surface area contributed by atoms with Crippen molar-refractivity contribution in [1.82, 2.24) is 24.9 Å². The molecule has 1 fully saturated rings. The number of benzene rings is 1. The van der Waals surface area contributed by atoms with Gasteiger partial charge in [-0.25, -0.2) is 9.07 Å². The molecule has 1 aromatic carbocycles. The highest BCUT2D eigenvalue weighted by molar-refractivity contribution is 5.92. The second kappa shape index (κ2) is 9.60. The van der Waals surface area contributed by atoms with E-state index < -0.39 is 5.82 Å². The first-order valence-electron chi connectivity index (χ1n) is 10.7. The zero-order valence-corrected chi connectivity index (χ0v) is 18.8. The third-order valence-corrected chi connectivity index (χ3v) is 5.55. The summed E-state index contributed by atoms with van der Waals surface area (Å²) >= 11 is 0. The van der Waals surface area contributed by atoms with E-state index in [9.17, 15) is 14.0 Å². The van der Waals surface area contributed by atoms with Gasteiger partial charge in [-0.1, -0.05) is 26.0 Å². The number of nitrogens with zero attached hydrogens (tertiary/aromatic N) is 4. The summed E-state index contributed by atoms with van der Waals surface area (Å²) in [5.41, 5.74) is 0.568. The fourth-order valence-corrected chi connectivity index (χ4v) is 4.10. The second-order valence-electron chi connectivity index (χ2n) is 9.28. The van der Waals surface area contributed by atoms with Crippen LogP contribution in [0.25, 0.3) is 5.69 Å². The quantitative estimate of drug-likeness (QED) is 0.735. The summed E-state index contributed by atoms with van der Waals surface area (Å²) in [5, 5.41) is 7.33. The van der Waals surface area contributed by atoms with Gasteiger partial charge < -0.3 is 15.1 Å². The average molecular weight is 430 g/mol. The number of aromatic nitrogens is 2. The Labute approximate surface area is 183 Å². The van der Waals surface area contributed by atoms with Gasteiger partial charge in [-0.2, -0.15) is 5.10 Å². The van der Waals surface area contributed by atoms with Gasteiger partial charge in [-0.15, -0.1) is 0 Å². The number of nitrogens with one attached hydrogen (secondary N) is 1. The highest BCUT2D eigenvalue weighted by Gasteiger charge is 2.30. The number of likely N-dealkylation sites (tertiary alicyclic amines) is 1. The van der Waals surface area contributed by atoms with Crippen molar-refractivity contribution in [3.8, 4) is 5.69 Å². The fourth-order valence-electron chi connectivity index (χ4n) is 4.10. The van der Waals surface area contributed by atoms with E-state index in [0.717, 1.165) is 6.54 Å². The SMILES string of the molecule is CN(C)CC(C)(C)CNC(=O)C1CCN(C(=O)c2ccn(-c3ccccc3F)n2)CC1. The maximum Gasteiger partial charge on any atom is 0.274 e. The Morgan fingerprint density at radius 1 is 1.19 bits per heavy atom. The predicted octanol–water partition coefficient (Wildman–Crippen LogP) is 2.57. The molecule has 2 amide bonds. The molecule has 0 spiro atoms. The Bertz CT molecular complexity index is 916. The van der Waals surface area contributed by atoms with Crippen molar-refractivity contribution < 1.29 is 14.0 Å². The Hall–Kier alpha value is -2.74. The van der Waals surface area contributed by atoms with Gasteiger partial charge in [0.2, 0.25) is 5.91 Å². The van der Waals surface area contributed by atoms with E-state index in [1.165, 1.54) is 10.7 Å². The second-order valence-corrected chi connectivity index (χ2v) is 9.28. The average Bonchev–Trinajstić information content (AvgIpc) is 3.21. The van der Waals surface area contributed by atoms with E-state index in [1.807, 2.05) is 14.1 Å². The van der Waals surface area contributed by atoms with Crippen molar-refractivity contribution >= 4 is 11.8 Å². The molecule has 2 aromatic rings. The van der Waals surface area contributed by atoms with E-state index in [0.29, 0.717) is 38.2 Å². The zero-order valence-electron chi connectivity index (χ0n) is 18.8. The first kappa shape index (κ1) is 22.9. The Morgan fingerprint density at radius 3 is 2.52 bits per heavy atom. The van der Waals surface area contributed by atoms with E-state index in [1.54, 1.807) is 35.4 Å². The van der Waals surface area contributed by atoms with Crippen LogP contribution in [0.4, 0.5) is 4.39 Å². The molecule has 3 rings (SSSR count). The number of amides is 2. The molecule has 7 nitrogen and oxygen atoms in total. The summed E-state index contributed by atoms with van der Waals surface area (Å²) < 4.78 is 15.3. The van der Waals surface area contributed by atoms with Gasteiger partial charge in [0.05, 0.1) is 0 Å². The van der Waals surface area contributed by atoms with E-state index >= 15 is 0 Å². The van der Waals surface area contributed by atoms with Crippen molar-refractivity contribution in [2.45, 2.75) is 26.7 Å². The Morgan fingerprint density at radius 2 is 1.87 bits per heavy atom. The molecule has 0 saturated carbocycles. The topological polar surface area (TPSA) is 70.5 Å². The summed E-state index contributed by atoms with van der Waals surface area (Å²) in [6.07, 6.45) is 2.83. The molecule has 0 aliphatic carbocycles. The lowest BCUT2D eigenvalue weighted by atomic mass is 9.91. The molecular formula is C23H32FN5O2. The summed E-state index contributed by atoms with van der Waals surface area (Å²) in [4.78, 5) is 29.2. The molecule has 168 valence electrons. The monoisotopic (exact) mass is 429 g/mol. The number of rotatable bonds is 7. The molecule has 0 atom stereocenters. The van der Waals surface area contributed by atoms with Gasteiger partial charge in [0.1, 0.15) is 11.5 Å². The number of hydrogen-bond donors (Lipinski definition) is 1. The summed E-state index contributed by atoms with van der Waals surface area (Å²) in [6, 6.07) is 7.90. The fraction of sp³-hybridized carbons (Fsp3) is 0.522. The standard InChI is InChI=1S/C23H32FN5O2/c1-23(2,16-27(3)4)15-25-21(30)17-9-12-28(13-10-17)22(31)19-11-14-29(26-19)20-8-6-5-7-18(20)24/h5-8,11,14,17H,9-10,12-13,15-16H2,1-4H3,(H,25,30). The molecule has 1 aliphatic rings. The third-order valence-electron chi connectivity index (χ3n) is 5.55.